The van der Waals surface area contributed by atoms with Crippen molar-refractivity contribution in [1.29, 1.82) is 10.8 Å². The molecule has 0 saturated carbocycles. The van der Waals surface area contributed by atoms with Crippen LogP contribution in [0.1, 0.15) is 0 Å². The predicted octanol–water partition coefficient (Wildman–Crippen LogP) is 4.37. The van der Waals surface area contributed by atoms with Crippen LogP contribution in [0.2, 0.25) is 0 Å². The van der Waals surface area contributed by atoms with Crippen LogP contribution < -0.4 is 0 Å². The van der Waals surface area contributed by atoms with Crippen LogP contribution in [0.5, 0.6) is 0 Å². The molecule has 17 heteroatoms. The Kier molecular flexibility index (Phi) is 18.3. The number of halogens is 6. The first-order valence-corrected chi connectivity index (χ1v) is 10.5. The van der Waals surface area contributed by atoms with E-state index in [0.29, 0.717) is 0 Å². The molecular weight excluding hydrogens is 554 g/mol. The molecule has 190 valence electrons. The molecule has 1 saturated heterocycles. The molecule has 0 amide bonds. The number of likely N-dealkylation sites (N-methyl/N-ethyl adjacent to an activating group) is 3. The molecule has 1 aliphatic heterocycles. The van der Waals surface area contributed by atoms with Crippen LogP contribution in [0.3, 0.4) is 0 Å². The Labute approximate surface area is 195 Å². The molecule has 1 aliphatic carbocycles. The van der Waals surface area contributed by atoms with E-state index in [4.69, 9.17) is 21.9 Å². The van der Waals surface area contributed by atoms with Gasteiger partial charge in [-0.05, 0) is 33.3 Å². The summed E-state index contributed by atoms with van der Waals surface area (Å²) in [5.74, 6) is 0. The molecular formula is C15H29F6N8OPRu. The third-order valence-electron chi connectivity index (χ3n) is 3.52. The standard InChI is InChI=1S/C9H21N3.C6H6N2.F6P.N3.H2O.Ru/c1-10-4-6-11(2)8-9-12(3)7-5-10;7-5-3-1-2-4-6(5)8;1-7(2,3,4,5)6;1-3-2;;/h4-9H2,1-3H3;1-4,7-8H;;;1H2;/q;;2*-1;;+2. The largest absolute Gasteiger partial charge is 2.00 e. The number of hydrogen-bond donors (Lipinski definition) is 2. The average Bonchev–Trinajstić information content (AvgIpc) is 2.63. The molecule has 9 nitrogen and oxygen atoms in total. The number of rotatable bonds is 0. The van der Waals surface area contributed by atoms with Crippen LogP contribution in [0, 0.1) is 10.8 Å². The molecule has 1 fully saturated rings. The van der Waals surface area contributed by atoms with Crippen molar-refractivity contribution in [2.24, 2.45) is 0 Å². The van der Waals surface area contributed by atoms with Crippen LogP contribution in [0.4, 0.5) is 25.2 Å². The SMILES string of the molecule is CN1CCN(C)CCN(C)CC1.F[P-](F)(F)(F)(F)F.N=C1C=CC=CC1=N.O.[N-]=[N+]=[N-].[Ru+2]. The Balaban J connectivity index is -0.000000174. The smallest absolute Gasteiger partial charge is 0.412 e. The van der Waals surface area contributed by atoms with E-state index in [1.165, 1.54) is 44.2 Å². The molecule has 0 spiro atoms. The predicted molar refractivity (Wildman–Crippen MR) is 113 cm³/mol. The van der Waals surface area contributed by atoms with Crippen LogP contribution in [0.25, 0.3) is 16.0 Å². The maximum absolute atomic E-state index is 10.7. The van der Waals surface area contributed by atoms with E-state index < -0.39 is 7.81 Å². The second kappa shape index (κ2) is 15.4. The Morgan fingerprint density at radius 1 is 0.719 bits per heavy atom. The molecule has 1 heterocycles. The van der Waals surface area contributed by atoms with Gasteiger partial charge in [-0.15, -0.1) is 0 Å². The van der Waals surface area contributed by atoms with Crippen LogP contribution in [-0.4, -0.2) is 92.0 Å². The molecule has 2 rings (SSSR count). The third-order valence-corrected chi connectivity index (χ3v) is 3.52. The summed E-state index contributed by atoms with van der Waals surface area (Å²) in [5, 5.41) is 14.1. The summed E-state index contributed by atoms with van der Waals surface area (Å²) in [6.45, 7) is 7.19. The van der Waals surface area contributed by atoms with E-state index in [1.54, 1.807) is 24.3 Å². The summed E-state index contributed by atoms with van der Waals surface area (Å²) >= 11 is 0. The van der Waals surface area contributed by atoms with Gasteiger partial charge in [-0.25, -0.2) is 0 Å². The van der Waals surface area contributed by atoms with Crippen LogP contribution in [-0.2, 0) is 19.5 Å². The van der Waals surface area contributed by atoms with Gasteiger partial charge in [0.05, 0.1) is 11.4 Å². The van der Waals surface area contributed by atoms with Gasteiger partial charge in [0.15, 0.2) is 0 Å². The van der Waals surface area contributed by atoms with Crippen LogP contribution in [0.15, 0.2) is 24.3 Å². The molecule has 0 bridgehead atoms. The first-order valence-electron chi connectivity index (χ1n) is 8.48. The van der Waals surface area contributed by atoms with E-state index in [-0.39, 0.29) is 36.4 Å². The summed E-state index contributed by atoms with van der Waals surface area (Å²) in [6.07, 6.45) is 6.70. The fourth-order valence-corrected chi connectivity index (χ4v) is 1.84. The fraction of sp³-hybridized carbons (Fsp3) is 0.600. The minimum Gasteiger partial charge on any atom is -0.412 e. The number of hydrogen-bond acceptors (Lipinski definition) is 5. The molecule has 0 unspecified atom stereocenters. The number of nitrogens with one attached hydrogen (secondary N) is 2. The molecule has 0 aromatic rings. The van der Waals surface area contributed by atoms with Crippen molar-refractivity contribution in [3.8, 4) is 0 Å². The normalized spacial score (nSPS) is 19.5. The van der Waals surface area contributed by atoms with Gasteiger partial charge in [0.25, 0.3) is 0 Å². The Hall–Kier alpha value is -1.40. The monoisotopic (exact) mass is 584 g/mol. The van der Waals surface area contributed by atoms with Crippen molar-refractivity contribution in [2.75, 3.05) is 60.4 Å². The summed E-state index contributed by atoms with van der Waals surface area (Å²) in [6, 6.07) is 0. The summed E-state index contributed by atoms with van der Waals surface area (Å²) in [4.78, 5) is 8.70. The quantitative estimate of drug-likeness (QED) is 0.0830. The average molecular weight is 583 g/mol. The summed E-state index contributed by atoms with van der Waals surface area (Å²) in [7, 11) is -4.05. The van der Waals surface area contributed by atoms with Crippen molar-refractivity contribution in [3.63, 3.8) is 0 Å². The van der Waals surface area contributed by atoms with E-state index >= 15 is 0 Å². The Bertz CT molecular complexity index is 599. The Morgan fingerprint density at radius 3 is 1.00 bits per heavy atom. The minimum absolute atomic E-state index is 0. The summed E-state index contributed by atoms with van der Waals surface area (Å²) < 4.78 is 59.2. The molecule has 0 atom stereocenters. The second-order valence-corrected chi connectivity index (χ2v) is 8.42. The van der Waals surface area contributed by atoms with Gasteiger partial charge in [0.1, 0.15) is 0 Å². The van der Waals surface area contributed by atoms with Crippen molar-refractivity contribution in [1.82, 2.24) is 14.7 Å². The first kappa shape index (κ1) is 37.9. The molecule has 0 radical (unpaired) electrons. The molecule has 4 N–H and O–H groups in total. The van der Waals surface area contributed by atoms with Crippen LogP contribution >= 0.6 is 7.81 Å². The van der Waals surface area contributed by atoms with E-state index in [0.717, 1.165) is 0 Å². The zero-order chi connectivity index (χ0) is 24.1. The fourth-order valence-electron chi connectivity index (χ4n) is 1.84. The number of allylic oxidation sites excluding steroid dienone is 4. The van der Waals surface area contributed by atoms with Gasteiger partial charge in [-0.2, -0.15) is 0 Å². The van der Waals surface area contributed by atoms with Crippen molar-refractivity contribution < 1.29 is 50.1 Å². The topological polar surface area (TPSA) is 148 Å². The molecule has 32 heavy (non-hydrogen) atoms. The van der Waals surface area contributed by atoms with E-state index in [1.807, 2.05) is 0 Å². The van der Waals surface area contributed by atoms with Crippen molar-refractivity contribution in [2.45, 2.75) is 0 Å². The molecule has 2 aliphatic rings. The van der Waals surface area contributed by atoms with Crippen molar-refractivity contribution in [3.05, 3.63) is 40.3 Å². The number of nitrogens with zero attached hydrogens (tertiary/aromatic N) is 6. The van der Waals surface area contributed by atoms with Gasteiger partial charge < -0.3 is 31.2 Å². The maximum Gasteiger partial charge on any atom is 2.00 e. The maximum atomic E-state index is 9.87. The van der Waals surface area contributed by atoms with Gasteiger partial charge in [-0.3, -0.25) is 15.7 Å². The molecule has 0 aromatic heterocycles. The summed E-state index contributed by atoms with van der Waals surface area (Å²) in [5.41, 5.74) is 14.1. The third kappa shape index (κ3) is 36.0. The van der Waals surface area contributed by atoms with Gasteiger partial charge in [0.2, 0.25) is 0 Å². The Morgan fingerprint density at radius 2 is 0.875 bits per heavy atom. The molecule has 0 aromatic carbocycles. The zero-order valence-electron chi connectivity index (χ0n) is 17.8. The second-order valence-electron chi connectivity index (χ2n) is 6.50. The van der Waals surface area contributed by atoms with Gasteiger partial charge in [0, 0.05) is 39.3 Å². The first-order chi connectivity index (χ1) is 13.3. The zero-order valence-corrected chi connectivity index (χ0v) is 20.4. The minimum atomic E-state index is -10.7. The van der Waals surface area contributed by atoms with E-state index in [9.17, 15) is 25.2 Å². The van der Waals surface area contributed by atoms with Crippen molar-refractivity contribution >= 4 is 19.2 Å². The van der Waals surface area contributed by atoms with Gasteiger partial charge in [-0.1, -0.05) is 12.2 Å². The van der Waals surface area contributed by atoms with E-state index in [2.05, 4.69) is 35.8 Å². The van der Waals surface area contributed by atoms with Gasteiger partial charge >= 0.3 is 52.5 Å².